The normalized spacial score (nSPS) is 16.4. The van der Waals surface area contributed by atoms with Gasteiger partial charge in [-0.2, -0.15) is 0 Å². The summed E-state index contributed by atoms with van der Waals surface area (Å²) >= 11 is 1.23. The Morgan fingerprint density at radius 3 is 2.75 bits per heavy atom. The number of halogens is 1. The predicted molar refractivity (Wildman–Crippen MR) is 105 cm³/mol. The number of anilines is 2. The predicted octanol–water partition coefficient (Wildman–Crippen LogP) is 3.76. The number of hydrogen-bond donors (Lipinski definition) is 1. The molecule has 0 aliphatic carbocycles. The van der Waals surface area contributed by atoms with Crippen LogP contribution in [0.5, 0.6) is 0 Å². The van der Waals surface area contributed by atoms with Crippen LogP contribution in [0.25, 0.3) is 0 Å². The fourth-order valence-electron chi connectivity index (χ4n) is 3.10. The van der Waals surface area contributed by atoms with Gasteiger partial charge in [0.25, 0.3) is 5.91 Å². The highest BCUT2D eigenvalue weighted by Gasteiger charge is 2.34. The molecule has 142 valence electrons. The first kappa shape index (κ1) is 18.2. The Kier molecular flexibility index (Phi) is 4.87. The van der Waals surface area contributed by atoms with E-state index in [1.165, 1.54) is 29.5 Å². The number of hydrogen-bond acceptors (Lipinski definition) is 5. The van der Waals surface area contributed by atoms with Gasteiger partial charge in [0.05, 0.1) is 0 Å². The van der Waals surface area contributed by atoms with Crippen LogP contribution in [0, 0.1) is 12.7 Å². The van der Waals surface area contributed by atoms with Crippen molar-refractivity contribution in [3.05, 3.63) is 70.5 Å². The van der Waals surface area contributed by atoms with Crippen molar-refractivity contribution in [1.82, 2.24) is 10.2 Å². The first-order chi connectivity index (χ1) is 13.5. The minimum absolute atomic E-state index is 0.0365. The van der Waals surface area contributed by atoms with Crippen molar-refractivity contribution in [3.63, 3.8) is 0 Å². The van der Waals surface area contributed by atoms with E-state index in [4.69, 9.17) is 0 Å². The Morgan fingerprint density at radius 2 is 2.00 bits per heavy atom. The van der Waals surface area contributed by atoms with Gasteiger partial charge in [-0.05, 0) is 37.3 Å². The topological polar surface area (TPSA) is 75.2 Å². The van der Waals surface area contributed by atoms with Crippen LogP contribution in [0.15, 0.2) is 48.5 Å². The summed E-state index contributed by atoms with van der Waals surface area (Å²) in [5.41, 5.74) is 2.20. The number of nitrogens with zero attached hydrogens (tertiary/aromatic N) is 3. The largest absolute Gasteiger partial charge is 0.312 e. The molecular weight excluding hydrogens is 379 g/mol. The molecule has 2 amide bonds. The SMILES string of the molecule is Cc1ccc(N2CC(c3nnc(NC(=O)c4cccc(F)c4)s3)CC2=O)cc1. The molecule has 0 bridgehead atoms. The van der Waals surface area contributed by atoms with E-state index in [0.29, 0.717) is 23.1 Å². The molecular formula is C20H17FN4O2S. The second-order valence-corrected chi connectivity index (χ2v) is 7.66. The zero-order valence-corrected chi connectivity index (χ0v) is 15.9. The summed E-state index contributed by atoms with van der Waals surface area (Å²) in [5.74, 6) is -0.974. The van der Waals surface area contributed by atoms with Crippen LogP contribution >= 0.6 is 11.3 Å². The van der Waals surface area contributed by atoms with E-state index < -0.39 is 11.7 Å². The number of rotatable bonds is 4. The summed E-state index contributed by atoms with van der Waals surface area (Å²) in [6.07, 6.45) is 0.348. The van der Waals surface area contributed by atoms with Gasteiger partial charge in [0.1, 0.15) is 10.8 Å². The first-order valence-corrected chi connectivity index (χ1v) is 9.58. The molecule has 8 heteroatoms. The highest BCUT2D eigenvalue weighted by Crippen LogP contribution is 2.34. The average Bonchev–Trinajstić information content (AvgIpc) is 3.29. The van der Waals surface area contributed by atoms with Crippen LogP contribution in [0.1, 0.15) is 33.3 Å². The van der Waals surface area contributed by atoms with Gasteiger partial charge >= 0.3 is 0 Å². The molecule has 1 aliphatic rings. The Balaban J connectivity index is 1.45. The van der Waals surface area contributed by atoms with E-state index in [-0.39, 0.29) is 17.4 Å². The van der Waals surface area contributed by atoms with Gasteiger partial charge in [0, 0.05) is 30.1 Å². The van der Waals surface area contributed by atoms with Crippen molar-refractivity contribution in [3.8, 4) is 0 Å². The summed E-state index contributed by atoms with van der Waals surface area (Å²) in [5, 5.41) is 11.8. The molecule has 1 N–H and O–H groups in total. The number of benzene rings is 2. The molecule has 0 radical (unpaired) electrons. The van der Waals surface area contributed by atoms with Gasteiger partial charge in [-0.25, -0.2) is 4.39 Å². The van der Waals surface area contributed by atoms with Crippen LogP contribution in [0.2, 0.25) is 0 Å². The highest BCUT2D eigenvalue weighted by molar-refractivity contribution is 7.15. The van der Waals surface area contributed by atoms with E-state index >= 15 is 0 Å². The number of amides is 2. The highest BCUT2D eigenvalue weighted by atomic mass is 32.1. The molecule has 1 fully saturated rings. The Hall–Kier alpha value is -3.13. The average molecular weight is 396 g/mol. The fraction of sp³-hybridized carbons (Fsp3) is 0.200. The van der Waals surface area contributed by atoms with Crippen molar-refractivity contribution in [2.45, 2.75) is 19.3 Å². The summed E-state index contributed by atoms with van der Waals surface area (Å²) in [6, 6.07) is 13.2. The van der Waals surface area contributed by atoms with Crippen LogP contribution in [-0.4, -0.2) is 28.6 Å². The molecule has 6 nitrogen and oxygen atoms in total. The molecule has 1 aliphatic heterocycles. The number of aryl methyl sites for hydroxylation is 1. The molecule has 4 rings (SSSR count). The fourth-order valence-corrected chi connectivity index (χ4v) is 3.93. The molecule has 1 unspecified atom stereocenters. The van der Waals surface area contributed by atoms with E-state index in [2.05, 4.69) is 15.5 Å². The van der Waals surface area contributed by atoms with Crippen molar-refractivity contribution in [1.29, 1.82) is 0 Å². The summed E-state index contributed by atoms with van der Waals surface area (Å²) in [6.45, 7) is 2.52. The summed E-state index contributed by atoms with van der Waals surface area (Å²) in [4.78, 5) is 26.4. The van der Waals surface area contributed by atoms with Gasteiger partial charge in [-0.3, -0.25) is 14.9 Å². The lowest BCUT2D eigenvalue weighted by molar-refractivity contribution is -0.117. The third-order valence-electron chi connectivity index (χ3n) is 4.57. The minimum Gasteiger partial charge on any atom is -0.312 e. The molecule has 0 spiro atoms. The lowest BCUT2D eigenvalue weighted by atomic mass is 10.1. The summed E-state index contributed by atoms with van der Waals surface area (Å²) < 4.78 is 13.3. The maximum atomic E-state index is 13.3. The van der Waals surface area contributed by atoms with Gasteiger partial charge in [-0.15, -0.1) is 10.2 Å². The molecule has 1 atom stereocenters. The monoisotopic (exact) mass is 396 g/mol. The quantitative estimate of drug-likeness (QED) is 0.729. The molecule has 0 saturated carbocycles. The third kappa shape index (κ3) is 3.77. The van der Waals surface area contributed by atoms with Gasteiger partial charge in [-0.1, -0.05) is 35.1 Å². The lowest BCUT2D eigenvalue weighted by Crippen LogP contribution is -2.24. The Labute approximate surface area is 165 Å². The van der Waals surface area contributed by atoms with Crippen LogP contribution < -0.4 is 10.2 Å². The maximum Gasteiger partial charge on any atom is 0.257 e. The molecule has 2 aromatic carbocycles. The maximum absolute atomic E-state index is 13.3. The van der Waals surface area contributed by atoms with Crippen molar-refractivity contribution in [2.24, 2.45) is 0 Å². The van der Waals surface area contributed by atoms with Crippen molar-refractivity contribution < 1.29 is 14.0 Å². The smallest absolute Gasteiger partial charge is 0.257 e. The standard InChI is InChI=1S/C20H17FN4O2S/c1-12-5-7-16(8-6-12)25-11-14(10-17(25)26)19-23-24-20(28-19)22-18(27)13-3-2-4-15(21)9-13/h2-9,14H,10-11H2,1H3,(H,22,24,27). The van der Waals surface area contributed by atoms with E-state index in [9.17, 15) is 14.0 Å². The second kappa shape index (κ2) is 7.47. The zero-order valence-electron chi connectivity index (χ0n) is 15.1. The van der Waals surface area contributed by atoms with E-state index in [1.54, 1.807) is 4.90 Å². The van der Waals surface area contributed by atoms with Crippen LogP contribution in [0.4, 0.5) is 15.2 Å². The van der Waals surface area contributed by atoms with E-state index in [0.717, 1.165) is 17.3 Å². The Bertz CT molecular complexity index is 1030. The lowest BCUT2D eigenvalue weighted by Gasteiger charge is -2.16. The minimum atomic E-state index is -0.480. The van der Waals surface area contributed by atoms with Crippen molar-refractivity contribution in [2.75, 3.05) is 16.8 Å². The zero-order chi connectivity index (χ0) is 19.7. The van der Waals surface area contributed by atoms with Crippen LogP contribution in [-0.2, 0) is 4.79 Å². The van der Waals surface area contributed by atoms with Gasteiger partial charge in [0.2, 0.25) is 11.0 Å². The van der Waals surface area contributed by atoms with E-state index in [1.807, 2.05) is 31.2 Å². The van der Waals surface area contributed by atoms with Crippen molar-refractivity contribution >= 4 is 34.0 Å². The number of nitrogens with one attached hydrogen (secondary N) is 1. The molecule has 3 aromatic rings. The number of carbonyl (C=O) groups is 2. The third-order valence-corrected chi connectivity index (χ3v) is 5.57. The molecule has 2 heterocycles. The summed E-state index contributed by atoms with van der Waals surface area (Å²) in [7, 11) is 0. The number of aromatic nitrogens is 2. The Morgan fingerprint density at radius 1 is 1.21 bits per heavy atom. The van der Waals surface area contributed by atoms with Gasteiger partial charge in [0.15, 0.2) is 0 Å². The second-order valence-electron chi connectivity index (χ2n) is 6.65. The van der Waals surface area contributed by atoms with Gasteiger partial charge < -0.3 is 4.90 Å². The molecule has 1 aromatic heterocycles. The first-order valence-electron chi connectivity index (χ1n) is 8.77. The molecule has 1 saturated heterocycles. The number of carbonyl (C=O) groups excluding carboxylic acids is 2. The molecule has 28 heavy (non-hydrogen) atoms. The van der Waals surface area contributed by atoms with Crippen LogP contribution in [0.3, 0.4) is 0 Å².